The molecule has 1 aromatic carbocycles. The van der Waals surface area contributed by atoms with Gasteiger partial charge in [0, 0.05) is 81.6 Å². The predicted octanol–water partition coefficient (Wildman–Crippen LogP) is 7.78. The average molecular weight is 891 g/mol. The van der Waals surface area contributed by atoms with Crippen LogP contribution in [-0.4, -0.2) is 122 Å². The molecule has 13 nitrogen and oxygen atoms in total. The highest BCUT2D eigenvalue weighted by Crippen LogP contribution is 2.47. The van der Waals surface area contributed by atoms with Gasteiger partial charge in [-0.2, -0.15) is 5.26 Å². The highest BCUT2D eigenvalue weighted by atomic mass is 32.1. The van der Waals surface area contributed by atoms with Gasteiger partial charge in [-0.25, -0.2) is 15.0 Å². The van der Waals surface area contributed by atoms with Gasteiger partial charge in [0.25, 0.3) is 0 Å². The van der Waals surface area contributed by atoms with Crippen LogP contribution in [-0.2, 0) is 26.2 Å². The van der Waals surface area contributed by atoms with Crippen molar-refractivity contribution in [1.29, 1.82) is 5.26 Å². The highest BCUT2D eigenvalue weighted by molar-refractivity contribution is 7.16. The van der Waals surface area contributed by atoms with Gasteiger partial charge in [0.2, 0.25) is 17.8 Å². The molecule has 5 heterocycles. The zero-order chi connectivity index (χ0) is 45.5. The van der Waals surface area contributed by atoms with Crippen LogP contribution in [0.4, 0.5) is 16.6 Å². The Balaban J connectivity index is 0.881. The maximum atomic E-state index is 13.6. The van der Waals surface area contributed by atoms with Crippen molar-refractivity contribution in [2.45, 2.75) is 110 Å². The van der Waals surface area contributed by atoms with Crippen LogP contribution in [0.3, 0.4) is 0 Å². The number of carbonyl (C=O) groups is 2. The number of piperazine rings is 1. The number of aromatic nitrogens is 2. The predicted molar refractivity (Wildman–Crippen MR) is 259 cm³/mol. The second-order valence-electron chi connectivity index (χ2n) is 18.7. The second-order valence-corrected chi connectivity index (χ2v) is 19.8. The first-order chi connectivity index (χ1) is 30.9. The fourth-order valence-corrected chi connectivity index (χ4v) is 11.6. The van der Waals surface area contributed by atoms with Gasteiger partial charge in [0.1, 0.15) is 11.1 Å². The Labute approximate surface area is 385 Å². The molecule has 4 aliphatic rings. The zero-order valence-corrected chi connectivity index (χ0v) is 40.2. The fourth-order valence-electron chi connectivity index (χ4n) is 10.4. The topological polar surface area (TPSA) is 148 Å². The maximum Gasteiger partial charge on any atom is 0.236 e. The van der Waals surface area contributed by atoms with E-state index < -0.39 is 5.41 Å². The third-order valence-electron chi connectivity index (χ3n) is 14.4. The number of piperidine rings is 2. The molecule has 1 aliphatic carbocycles. The number of thiophene rings is 1. The zero-order valence-electron chi connectivity index (χ0n) is 39.4. The molecule has 2 N–H and O–H groups in total. The molecule has 14 heteroatoms. The Morgan fingerprint density at radius 1 is 1.05 bits per heavy atom. The monoisotopic (exact) mass is 891 g/mol. The van der Waals surface area contributed by atoms with Gasteiger partial charge >= 0.3 is 0 Å². The number of fused-ring (bicyclic) bond motifs is 1. The molecule has 0 saturated carbocycles. The lowest BCUT2D eigenvalue weighted by atomic mass is 9.72. The molecule has 3 aliphatic heterocycles. The lowest BCUT2D eigenvalue weighted by molar-refractivity contribution is -0.134. The third kappa shape index (κ3) is 10.3. The first-order valence-electron chi connectivity index (χ1n) is 23.7. The minimum atomic E-state index is -0.593. The molecule has 3 saturated heterocycles. The molecule has 0 spiro atoms. The van der Waals surface area contributed by atoms with Crippen LogP contribution in [0.25, 0.3) is 5.70 Å². The number of hydrogen-bond donors (Lipinski definition) is 1. The fraction of sp³-hybridized carbons (Fsp3) is 0.600. The lowest BCUT2D eigenvalue weighted by Gasteiger charge is -2.39. The summed E-state index contributed by atoms with van der Waals surface area (Å²) in [5.41, 5.74) is 13.4. The van der Waals surface area contributed by atoms with E-state index in [0.717, 1.165) is 150 Å². The molecule has 7 rings (SSSR count). The molecular weight excluding hydrogens is 821 g/mol. The van der Waals surface area contributed by atoms with Crippen LogP contribution in [0.2, 0.25) is 0 Å². The van der Waals surface area contributed by atoms with Crippen LogP contribution in [0.1, 0.15) is 124 Å². The molecule has 3 aromatic rings. The number of nitrogens with zero attached hydrogens (tertiary/aromatic N) is 9. The van der Waals surface area contributed by atoms with E-state index in [-0.39, 0.29) is 11.8 Å². The molecule has 1 atom stereocenters. The number of ether oxygens (including phenoxy) is 1. The molecule has 64 heavy (non-hydrogen) atoms. The van der Waals surface area contributed by atoms with Crippen molar-refractivity contribution in [2.24, 2.45) is 10.9 Å². The van der Waals surface area contributed by atoms with Gasteiger partial charge in [-0.3, -0.25) is 14.5 Å². The molecular formula is C50H70N10O3S. The van der Waals surface area contributed by atoms with Crippen LogP contribution >= 0.6 is 11.3 Å². The van der Waals surface area contributed by atoms with Crippen molar-refractivity contribution < 1.29 is 14.3 Å². The van der Waals surface area contributed by atoms with E-state index in [4.69, 9.17) is 25.4 Å². The minimum absolute atomic E-state index is 0.174. The summed E-state index contributed by atoms with van der Waals surface area (Å²) in [7, 11) is 3.55. The van der Waals surface area contributed by atoms with Gasteiger partial charge in [-0.15, -0.1) is 11.3 Å². The first kappa shape index (κ1) is 47.1. The van der Waals surface area contributed by atoms with E-state index in [1.165, 1.54) is 22.5 Å². The van der Waals surface area contributed by atoms with Crippen LogP contribution in [0.15, 0.2) is 41.0 Å². The molecule has 2 aromatic heterocycles. The van der Waals surface area contributed by atoms with E-state index in [1.54, 1.807) is 13.3 Å². The van der Waals surface area contributed by atoms with E-state index in [1.807, 2.05) is 24.9 Å². The van der Waals surface area contributed by atoms with Gasteiger partial charge in [-0.05, 0) is 132 Å². The van der Waals surface area contributed by atoms with Crippen molar-refractivity contribution >= 4 is 51.4 Å². The number of rotatable bonds is 13. The van der Waals surface area contributed by atoms with E-state index >= 15 is 0 Å². The number of aliphatic imine (C=N–C) groups is 1. The van der Waals surface area contributed by atoms with Crippen molar-refractivity contribution in [3.63, 3.8) is 0 Å². The SMILES string of the molecule is CCCC(=O)N(C)c1ccc(C2CCN(CC3CCN(C(=O)CN4CCN(c5nccc(/C(N=C(OC)[C@@]6(C)CCCc7sc(N)c(C#N)c76)=C(/C)CC)n5)CC4)CC3)CC2)cc1C. The standard InChI is InChI=1S/C50H70N10O3S/c1-8-11-43(61)56(6)41-14-13-38(30-35(41)4)37-18-22-57(23-19-37)32-36-16-24-59(25-17-36)44(62)33-58-26-28-60(29-27-58)49-53-21-15-40(54-49)46(34(3)9-2)55-48(63-7)50(5)20-10-12-42-45(50)39(31-51)47(52)64-42/h13-15,21,30,36-37H,8-12,16-20,22-29,32-33,52H2,1-7H3/b46-34+,55-48?/t50-/m0/s1. The van der Waals surface area contributed by atoms with Crippen molar-refractivity contribution in [2.75, 3.05) is 95.1 Å². The lowest BCUT2D eigenvalue weighted by Crippen LogP contribution is -2.51. The molecule has 2 amide bonds. The van der Waals surface area contributed by atoms with E-state index in [9.17, 15) is 14.9 Å². The molecule has 0 radical (unpaired) electrons. The second kappa shape index (κ2) is 21.0. The summed E-state index contributed by atoms with van der Waals surface area (Å²) < 4.78 is 6.08. The Kier molecular flexibility index (Phi) is 15.5. The summed E-state index contributed by atoms with van der Waals surface area (Å²) in [5, 5.41) is 10.6. The minimum Gasteiger partial charge on any atom is -0.483 e. The van der Waals surface area contributed by atoms with Crippen molar-refractivity contribution in [3.8, 4) is 6.07 Å². The Bertz CT molecular complexity index is 2240. The van der Waals surface area contributed by atoms with Crippen molar-refractivity contribution in [3.05, 3.63) is 68.9 Å². The number of nitrogens with two attached hydrogens (primary N) is 1. The normalized spacial score (nSPS) is 21.0. The number of carbonyl (C=O) groups excluding carboxylic acids is 2. The number of benzene rings is 1. The molecule has 3 fully saturated rings. The highest BCUT2D eigenvalue weighted by Gasteiger charge is 2.43. The van der Waals surface area contributed by atoms with Crippen LogP contribution in [0.5, 0.6) is 0 Å². The summed E-state index contributed by atoms with van der Waals surface area (Å²) in [6.45, 7) is 18.9. The maximum absolute atomic E-state index is 13.6. The quantitative estimate of drug-likeness (QED) is 0.133. The number of nitriles is 1. The van der Waals surface area contributed by atoms with Gasteiger partial charge < -0.3 is 30.1 Å². The Morgan fingerprint density at radius 3 is 2.44 bits per heavy atom. The Morgan fingerprint density at radius 2 is 1.78 bits per heavy atom. The number of aryl methyl sites for hydroxylation is 2. The average Bonchev–Trinajstić information content (AvgIpc) is 3.65. The summed E-state index contributed by atoms with van der Waals surface area (Å²) >= 11 is 1.51. The smallest absolute Gasteiger partial charge is 0.236 e. The number of amides is 2. The number of hydrogen-bond acceptors (Lipinski definition) is 12. The summed E-state index contributed by atoms with van der Waals surface area (Å²) in [4.78, 5) is 53.2. The number of nitrogen functional groups attached to an aromatic ring is 1. The molecule has 344 valence electrons. The molecule has 0 bridgehead atoms. The largest absolute Gasteiger partial charge is 0.483 e. The third-order valence-corrected chi connectivity index (χ3v) is 15.5. The summed E-state index contributed by atoms with van der Waals surface area (Å²) in [6.07, 6.45) is 11.1. The van der Waals surface area contributed by atoms with Crippen LogP contribution < -0.4 is 15.5 Å². The number of anilines is 3. The summed E-state index contributed by atoms with van der Waals surface area (Å²) in [6, 6.07) is 10.9. The number of allylic oxidation sites excluding steroid dienone is 1. The van der Waals surface area contributed by atoms with Crippen LogP contribution in [0, 0.1) is 24.2 Å². The van der Waals surface area contributed by atoms with Gasteiger partial charge in [0.05, 0.1) is 36.0 Å². The summed E-state index contributed by atoms with van der Waals surface area (Å²) in [5.74, 6) is 2.80. The number of likely N-dealkylation sites (tertiary alicyclic amines) is 2. The molecule has 0 unspecified atom stereocenters. The van der Waals surface area contributed by atoms with Gasteiger partial charge in [-0.1, -0.05) is 26.0 Å². The first-order valence-corrected chi connectivity index (χ1v) is 24.5. The van der Waals surface area contributed by atoms with Crippen molar-refractivity contribution in [1.82, 2.24) is 24.7 Å². The Hall–Kier alpha value is -4.84. The number of methoxy groups -OCH3 is 1. The van der Waals surface area contributed by atoms with E-state index in [2.05, 4.69) is 71.6 Å². The van der Waals surface area contributed by atoms with E-state index in [0.29, 0.717) is 47.2 Å². The van der Waals surface area contributed by atoms with Gasteiger partial charge in [0.15, 0.2) is 5.90 Å².